The Morgan fingerprint density at radius 3 is 2.29 bits per heavy atom. The van der Waals surface area contributed by atoms with Crippen LogP contribution in [0.1, 0.15) is 27.0 Å². The molecule has 193 valence electrons. The van der Waals surface area contributed by atoms with Crippen molar-refractivity contribution in [1.82, 2.24) is 9.55 Å². The molecule has 1 saturated heterocycles. The molecule has 9 nitrogen and oxygen atoms in total. The third-order valence-electron chi connectivity index (χ3n) is 5.90. The van der Waals surface area contributed by atoms with Crippen LogP contribution in [-0.2, 0) is 23.5 Å². The zero-order chi connectivity index (χ0) is 26.5. The second-order valence-electron chi connectivity index (χ2n) is 9.30. The van der Waals surface area contributed by atoms with Crippen LogP contribution in [0.3, 0.4) is 0 Å². The van der Waals surface area contributed by atoms with Crippen LogP contribution < -0.4 is 11.2 Å². The van der Waals surface area contributed by atoms with Crippen molar-refractivity contribution >= 4 is 41.0 Å². The molecule has 0 unspecified atom stereocenters. The molecule has 17 heteroatoms. The topological polar surface area (TPSA) is 117 Å². The summed E-state index contributed by atoms with van der Waals surface area (Å²) in [6.45, 7) is 7.61. The molecule has 0 aliphatic carbocycles. The van der Waals surface area contributed by atoms with Crippen LogP contribution >= 0.6 is 0 Å². The van der Waals surface area contributed by atoms with Crippen molar-refractivity contribution in [1.29, 1.82) is 0 Å². The molecule has 34 heavy (non-hydrogen) atoms. The molecule has 1 fully saturated rings. The predicted molar refractivity (Wildman–Crippen MR) is 113 cm³/mol. The number of aromatic nitrogens is 2. The molecule has 0 amide bonds. The van der Waals surface area contributed by atoms with Crippen molar-refractivity contribution < 1.29 is 43.7 Å². The molecule has 3 radical (unpaired) electrons. The van der Waals surface area contributed by atoms with E-state index in [1.165, 1.54) is 0 Å². The number of aromatic amines is 1. The number of hydrogen-bond donors (Lipinski definition) is 1. The van der Waals surface area contributed by atoms with E-state index in [0.29, 0.717) is 33.3 Å². The number of ether oxygens (including phenoxy) is 1. The zero-order valence-electron chi connectivity index (χ0n) is 18.8. The Bertz CT molecular complexity index is 1130. The van der Waals surface area contributed by atoms with Gasteiger partial charge in [0.15, 0.2) is 0 Å². The molecule has 1 aliphatic rings. The summed E-state index contributed by atoms with van der Waals surface area (Å²) >= 11 is 0.595. The number of nitrogens with one attached hydrogen (secondary N) is 1. The van der Waals surface area contributed by atoms with Gasteiger partial charge in [-0.25, -0.2) is 0 Å². The fourth-order valence-corrected chi connectivity index (χ4v) is 5.82. The minimum absolute atomic E-state index is 0.204. The molecule has 1 aromatic rings. The average molecular weight is 642 g/mol. The van der Waals surface area contributed by atoms with E-state index < -0.39 is 76.8 Å². The second kappa shape index (κ2) is 9.57. The Morgan fingerprint density at radius 2 is 1.82 bits per heavy atom. The van der Waals surface area contributed by atoms with Crippen molar-refractivity contribution in [3.8, 4) is 0 Å². The number of H-pyrrole nitrogens is 1. The first kappa shape index (κ1) is 29.4. The molecule has 4 atom stereocenters. The summed E-state index contributed by atoms with van der Waals surface area (Å²) in [6.07, 6.45) is -5.46. The SMILES string of the molecule is CC(C)(C)[Si](C)(C)O[C@H]1[C@H](F)[C@H](n2cc(F)c(=O)[nH]c2=O)O[C@@]1([CH2][Sn])COS(=O)(=O)C(F)(F)F. The third kappa shape index (κ3) is 5.60. The van der Waals surface area contributed by atoms with Crippen LogP contribution in [0.15, 0.2) is 15.8 Å². The van der Waals surface area contributed by atoms with E-state index in [9.17, 15) is 35.6 Å². The number of rotatable bonds is 7. The van der Waals surface area contributed by atoms with Crippen LogP contribution in [0.2, 0.25) is 22.6 Å². The van der Waals surface area contributed by atoms with Gasteiger partial charge >= 0.3 is 207 Å². The maximum absolute atomic E-state index is 15.8. The molecule has 0 aromatic carbocycles. The van der Waals surface area contributed by atoms with E-state index in [-0.39, 0.29) is 4.44 Å². The number of alkyl halides is 4. The molecule has 1 aromatic heterocycles. The number of halogens is 5. The van der Waals surface area contributed by atoms with Gasteiger partial charge in [-0.15, -0.1) is 0 Å². The molecule has 0 spiro atoms. The number of nitrogens with zero attached hydrogens (tertiary/aromatic N) is 1. The summed E-state index contributed by atoms with van der Waals surface area (Å²) in [5.74, 6) is -1.44. The Morgan fingerprint density at radius 1 is 1.26 bits per heavy atom. The summed E-state index contributed by atoms with van der Waals surface area (Å²) in [6, 6.07) is 0. The summed E-state index contributed by atoms with van der Waals surface area (Å²) in [5.41, 5.74) is -10.4. The summed E-state index contributed by atoms with van der Waals surface area (Å²) in [5, 5.41) is -0.502. The molecular formula is C17H24F5N2O7SSiSn. The van der Waals surface area contributed by atoms with Crippen molar-refractivity contribution in [2.45, 2.75) is 73.0 Å². The first-order valence-electron chi connectivity index (χ1n) is 9.80. The van der Waals surface area contributed by atoms with Crippen LogP contribution in [0, 0.1) is 5.82 Å². The van der Waals surface area contributed by atoms with E-state index in [1.54, 1.807) is 18.1 Å². The van der Waals surface area contributed by atoms with Crippen LogP contribution in [0.25, 0.3) is 0 Å². The van der Waals surface area contributed by atoms with Crippen LogP contribution in [0.4, 0.5) is 22.0 Å². The Labute approximate surface area is 206 Å². The first-order chi connectivity index (χ1) is 15.2. The van der Waals surface area contributed by atoms with Crippen molar-refractivity contribution in [2.75, 3.05) is 6.61 Å². The van der Waals surface area contributed by atoms with Gasteiger partial charge in [-0.3, -0.25) is 0 Å². The van der Waals surface area contributed by atoms with Gasteiger partial charge in [0, 0.05) is 0 Å². The summed E-state index contributed by atoms with van der Waals surface area (Å²) < 4.78 is 107. The van der Waals surface area contributed by atoms with Gasteiger partial charge in [0.25, 0.3) is 0 Å². The summed E-state index contributed by atoms with van der Waals surface area (Å²) in [7, 11) is -8.91. The van der Waals surface area contributed by atoms with Crippen molar-refractivity contribution in [3.05, 3.63) is 32.9 Å². The van der Waals surface area contributed by atoms with Crippen molar-refractivity contribution in [3.63, 3.8) is 0 Å². The number of hydrogen-bond acceptors (Lipinski definition) is 7. The normalized spacial score (nSPS) is 26.7. The Hall–Kier alpha value is -0.824. The second-order valence-corrected chi connectivity index (χ2v) is 16.7. The van der Waals surface area contributed by atoms with E-state index in [2.05, 4.69) is 4.18 Å². The van der Waals surface area contributed by atoms with Gasteiger partial charge in [0.1, 0.15) is 0 Å². The molecular weight excluding hydrogens is 618 g/mol. The van der Waals surface area contributed by atoms with Crippen LogP contribution in [-0.4, -0.2) is 78.8 Å². The zero-order valence-corrected chi connectivity index (χ0v) is 23.5. The standard InChI is InChI=1S/C17H24F5N2O7SSi.Sn/c1-15(2,3)33(5,6)31-11-10(19)13(24-7-9(18)12(25)23-14(24)26)30-16(11,4)8-29-32(27,28)17(20,21)22;/h7,10-11,13H,4,8H2,1-3,5-6H3,(H,23,25,26);/t10-,11-,13+,16-;/m0./s1. The molecule has 0 bridgehead atoms. The molecule has 2 rings (SSSR count). The van der Waals surface area contributed by atoms with E-state index in [0.717, 1.165) is 0 Å². The minimum atomic E-state index is -6.06. The molecule has 2 heterocycles. The average Bonchev–Trinajstić information content (AvgIpc) is 2.94. The third-order valence-corrected chi connectivity index (χ3v) is 13.1. The van der Waals surface area contributed by atoms with Gasteiger partial charge in [0.2, 0.25) is 0 Å². The molecule has 1 aliphatic heterocycles. The van der Waals surface area contributed by atoms with Gasteiger partial charge in [0.05, 0.1) is 0 Å². The van der Waals surface area contributed by atoms with Crippen LogP contribution in [0.5, 0.6) is 0 Å². The van der Waals surface area contributed by atoms with Gasteiger partial charge in [-0.2, -0.15) is 0 Å². The molecule has 1 N–H and O–H groups in total. The predicted octanol–water partition coefficient (Wildman–Crippen LogP) is 2.12. The quantitative estimate of drug-likeness (QED) is 0.210. The van der Waals surface area contributed by atoms with E-state index >= 15 is 4.39 Å². The van der Waals surface area contributed by atoms with E-state index in [1.807, 2.05) is 20.8 Å². The van der Waals surface area contributed by atoms with Gasteiger partial charge < -0.3 is 0 Å². The Kier molecular flexibility index (Phi) is 8.27. The first-order valence-corrected chi connectivity index (χ1v) is 16.1. The van der Waals surface area contributed by atoms with Gasteiger partial charge in [-0.05, 0) is 0 Å². The fraction of sp³-hybridized carbons (Fsp3) is 0.765. The van der Waals surface area contributed by atoms with Gasteiger partial charge in [-0.1, -0.05) is 0 Å². The van der Waals surface area contributed by atoms with Crippen molar-refractivity contribution in [2.24, 2.45) is 0 Å². The monoisotopic (exact) mass is 643 g/mol. The fourth-order valence-electron chi connectivity index (χ4n) is 2.89. The summed E-state index contributed by atoms with van der Waals surface area (Å²) in [4.78, 5) is 25.2. The Balaban J connectivity index is 2.60. The molecule has 0 saturated carbocycles. The maximum atomic E-state index is 15.8. The van der Waals surface area contributed by atoms with E-state index in [4.69, 9.17) is 9.16 Å².